The highest BCUT2D eigenvalue weighted by molar-refractivity contribution is 5.87. The third-order valence-electron chi connectivity index (χ3n) is 4.18. The van der Waals surface area contributed by atoms with Crippen molar-refractivity contribution in [3.8, 4) is 5.75 Å². The lowest BCUT2D eigenvalue weighted by molar-refractivity contribution is -0.121. The fourth-order valence-corrected chi connectivity index (χ4v) is 2.94. The first kappa shape index (κ1) is 16.1. The number of carbonyl (C=O) groups excluding carboxylic acids is 1. The Morgan fingerprint density at radius 1 is 1.17 bits per heavy atom. The number of hydrogen-bond acceptors (Lipinski definition) is 3. The highest BCUT2D eigenvalue weighted by Crippen LogP contribution is 2.35. The van der Waals surface area contributed by atoms with Crippen molar-refractivity contribution in [3.05, 3.63) is 65.2 Å². The molecule has 1 atom stereocenters. The number of carbonyl (C=O) groups is 2. The van der Waals surface area contributed by atoms with Gasteiger partial charge < -0.3 is 15.2 Å². The van der Waals surface area contributed by atoms with Gasteiger partial charge in [-0.25, -0.2) is 4.79 Å². The normalized spacial score (nSPS) is 15.9. The van der Waals surface area contributed by atoms with Gasteiger partial charge in [-0.15, -0.1) is 0 Å². The zero-order valence-electron chi connectivity index (χ0n) is 13.2. The average Bonchev–Trinajstić information content (AvgIpc) is 2.60. The van der Waals surface area contributed by atoms with Gasteiger partial charge in [0.2, 0.25) is 5.91 Å². The first-order valence-corrected chi connectivity index (χ1v) is 7.94. The summed E-state index contributed by atoms with van der Waals surface area (Å²) >= 11 is 0. The molecule has 0 saturated carbocycles. The quantitative estimate of drug-likeness (QED) is 0.886. The minimum atomic E-state index is -0.970. The molecule has 5 heteroatoms. The summed E-state index contributed by atoms with van der Waals surface area (Å²) in [6.07, 6.45) is 1.22. The zero-order chi connectivity index (χ0) is 16.9. The van der Waals surface area contributed by atoms with E-state index in [0.29, 0.717) is 19.6 Å². The molecule has 0 spiro atoms. The Morgan fingerprint density at radius 2 is 2.00 bits per heavy atom. The molecule has 0 aromatic heterocycles. The Balaban J connectivity index is 1.59. The van der Waals surface area contributed by atoms with E-state index in [1.807, 2.05) is 24.3 Å². The summed E-state index contributed by atoms with van der Waals surface area (Å²) in [6, 6.07) is 14.4. The monoisotopic (exact) mass is 325 g/mol. The lowest BCUT2D eigenvalue weighted by Gasteiger charge is -2.25. The van der Waals surface area contributed by atoms with Crippen LogP contribution in [0, 0.1) is 0 Å². The third-order valence-corrected chi connectivity index (χ3v) is 4.18. The van der Waals surface area contributed by atoms with Crippen molar-refractivity contribution in [2.75, 3.05) is 6.61 Å². The fourth-order valence-electron chi connectivity index (χ4n) is 2.94. The molecule has 0 radical (unpaired) electrons. The van der Waals surface area contributed by atoms with Crippen LogP contribution in [0.15, 0.2) is 48.5 Å². The predicted octanol–water partition coefficient (Wildman–Crippen LogP) is 2.96. The van der Waals surface area contributed by atoms with Gasteiger partial charge in [-0.05, 0) is 41.7 Å². The molecule has 3 rings (SSSR count). The Bertz CT molecular complexity index is 757. The van der Waals surface area contributed by atoms with Gasteiger partial charge in [0.1, 0.15) is 5.75 Å². The summed E-state index contributed by atoms with van der Waals surface area (Å²) in [6.45, 7) is 0.945. The molecule has 1 aliphatic heterocycles. The first-order valence-electron chi connectivity index (χ1n) is 7.94. The van der Waals surface area contributed by atoms with Crippen LogP contribution in [-0.4, -0.2) is 23.6 Å². The van der Waals surface area contributed by atoms with Crippen LogP contribution in [0.5, 0.6) is 5.75 Å². The maximum atomic E-state index is 12.2. The van der Waals surface area contributed by atoms with E-state index in [1.165, 1.54) is 6.07 Å². The number of carboxylic acids is 1. The predicted molar refractivity (Wildman–Crippen MR) is 89.2 cm³/mol. The second-order valence-corrected chi connectivity index (χ2v) is 5.86. The molecule has 0 saturated heterocycles. The number of benzene rings is 2. The van der Waals surface area contributed by atoms with Crippen LogP contribution < -0.4 is 10.1 Å². The molecule has 1 amide bonds. The fraction of sp³-hybridized carbons (Fsp3) is 0.263. The molecule has 5 nitrogen and oxygen atoms in total. The summed E-state index contributed by atoms with van der Waals surface area (Å²) < 4.78 is 5.61. The van der Waals surface area contributed by atoms with Crippen LogP contribution in [0.4, 0.5) is 0 Å². The average molecular weight is 325 g/mol. The lowest BCUT2D eigenvalue weighted by atomic mass is 9.90. The lowest BCUT2D eigenvalue weighted by Crippen LogP contribution is -2.26. The summed E-state index contributed by atoms with van der Waals surface area (Å²) in [5.74, 6) is -0.00423. The van der Waals surface area contributed by atoms with Gasteiger partial charge in [-0.2, -0.15) is 0 Å². The Morgan fingerprint density at radius 3 is 2.83 bits per heavy atom. The molecule has 2 aromatic rings. The first-order chi connectivity index (χ1) is 11.6. The molecule has 0 fully saturated rings. The summed E-state index contributed by atoms with van der Waals surface area (Å²) in [4.78, 5) is 23.2. The molecule has 1 aliphatic rings. The smallest absolute Gasteiger partial charge is 0.335 e. The number of ether oxygens (including phenoxy) is 1. The SMILES string of the molecule is O=C(CC1CCOc2ccccc21)NCc1cccc(C(=O)O)c1. The molecular weight excluding hydrogens is 306 g/mol. The van der Waals surface area contributed by atoms with E-state index in [4.69, 9.17) is 9.84 Å². The largest absolute Gasteiger partial charge is 0.493 e. The second-order valence-electron chi connectivity index (χ2n) is 5.86. The third kappa shape index (κ3) is 3.74. The van der Waals surface area contributed by atoms with Crippen LogP contribution in [-0.2, 0) is 11.3 Å². The van der Waals surface area contributed by atoms with E-state index in [2.05, 4.69) is 5.32 Å². The van der Waals surface area contributed by atoms with Crippen LogP contribution in [0.2, 0.25) is 0 Å². The topological polar surface area (TPSA) is 75.6 Å². The number of rotatable bonds is 5. The highest BCUT2D eigenvalue weighted by Gasteiger charge is 2.23. The van der Waals surface area contributed by atoms with Gasteiger partial charge >= 0.3 is 5.97 Å². The number of fused-ring (bicyclic) bond motifs is 1. The summed E-state index contributed by atoms with van der Waals surface area (Å²) in [7, 11) is 0. The van der Waals surface area contributed by atoms with Crippen molar-refractivity contribution in [2.24, 2.45) is 0 Å². The standard InChI is InChI=1S/C19H19NO4/c21-18(20-12-13-4-3-5-15(10-13)19(22)23)11-14-8-9-24-17-7-2-1-6-16(14)17/h1-7,10,14H,8-9,11-12H2,(H,20,21)(H,22,23). The van der Waals surface area contributed by atoms with Gasteiger partial charge in [0, 0.05) is 13.0 Å². The number of hydrogen-bond donors (Lipinski definition) is 2. The molecular formula is C19H19NO4. The number of aromatic carboxylic acids is 1. The van der Waals surface area contributed by atoms with Crippen molar-refractivity contribution in [3.63, 3.8) is 0 Å². The number of amides is 1. The second kappa shape index (κ2) is 7.17. The van der Waals surface area contributed by atoms with Gasteiger partial charge in [0.05, 0.1) is 12.2 Å². The number of para-hydroxylation sites is 1. The number of carboxylic acid groups (broad SMARTS) is 1. The van der Waals surface area contributed by atoms with Crippen molar-refractivity contribution in [2.45, 2.75) is 25.3 Å². The maximum Gasteiger partial charge on any atom is 0.335 e. The van der Waals surface area contributed by atoms with E-state index in [9.17, 15) is 9.59 Å². The minimum Gasteiger partial charge on any atom is -0.493 e. The molecule has 0 aliphatic carbocycles. The molecule has 24 heavy (non-hydrogen) atoms. The number of nitrogens with one attached hydrogen (secondary N) is 1. The van der Waals surface area contributed by atoms with Crippen molar-refractivity contribution >= 4 is 11.9 Å². The summed E-state index contributed by atoms with van der Waals surface area (Å²) in [5, 5.41) is 11.9. The Hall–Kier alpha value is -2.82. The van der Waals surface area contributed by atoms with Gasteiger partial charge in [0.25, 0.3) is 0 Å². The molecule has 2 aromatic carbocycles. The molecule has 2 N–H and O–H groups in total. The summed E-state index contributed by atoms with van der Waals surface area (Å²) in [5.41, 5.74) is 2.07. The Kier molecular flexibility index (Phi) is 4.79. The van der Waals surface area contributed by atoms with Crippen LogP contribution in [0.1, 0.15) is 40.2 Å². The van der Waals surface area contributed by atoms with E-state index in [1.54, 1.807) is 18.2 Å². The van der Waals surface area contributed by atoms with Crippen LogP contribution >= 0.6 is 0 Å². The van der Waals surface area contributed by atoms with Gasteiger partial charge in [-0.3, -0.25) is 4.79 Å². The van der Waals surface area contributed by atoms with Crippen molar-refractivity contribution in [1.29, 1.82) is 0 Å². The Labute approximate surface area is 140 Å². The van der Waals surface area contributed by atoms with E-state index in [-0.39, 0.29) is 17.4 Å². The molecule has 124 valence electrons. The molecule has 1 unspecified atom stereocenters. The minimum absolute atomic E-state index is 0.0440. The van der Waals surface area contributed by atoms with Gasteiger partial charge in [0.15, 0.2) is 0 Å². The maximum absolute atomic E-state index is 12.2. The van der Waals surface area contributed by atoms with Crippen LogP contribution in [0.3, 0.4) is 0 Å². The van der Waals surface area contributed by atoms with Crippen molar-refractivity contribution < 1.29 is 19.4 Å². The molecule has 1 heterocycles. The van der Waals surface area contributed by atoms with Gasteiger partial charge in [-0.1, -0.05) is 30.3 Å². The van der Waals surface area contributed by atoms with E-state index >= 15 is 0 Å². The van der Waals surface area contributed by atoms with E-state index < -0.39 is 5.97 Å². The highest BCUT2D eigenvalue weighted by atomic mass is 16.5. The zero-order valence-corrected chi connectivity index (χ0v) is 13.2. The van der Waals surface area contributed by atoms with Crippen LogP contribution in [0.25, 0.3) is 0 Å². The van der Waals surface area contributed by atoms with Crippen molar-refractivity contribution in [1.82, 2.24) is 5.32 Å². The van der Waals surface area contributed by atoms with E-state index in [0.717, 1.165) is 23.3 Å². The molecule has 0 bridgehead atoms.